The second-order valence-corrected chi connectivity index (χ2v) is 6.42. The summed E-state index contributed by atoms with van der Waals surface area (Å²) in [7, 11) is 1.28. The van der Waals surface area contributed by atoms with E-state index in [1.165, 1.54) is 7.11 Å². The highest BCUT2D eigenvalue weighted by Gasteiger charge is 2.24. The Kier molecular flexibility index (Phi) is 6.37. The van der Waals surface area contributed by atoms with Crippen LogP contribution in [0.15, 0.2) is 22.7 Å². The Bertz CT molecular complexity index is 553. The Hall–Kier alpha value is -1.60. The van der Waals surface area contributed by atoms with Crippen molar-refractivity contribution in [2.75, 3.05) is 13.7 Å². The van der Waals surface area contributed by atoms with Crippen molar-refractivity contribution >= 4 is 27.9 Å². The Balaban J connectivity index is 2.79. The largest absolute Gasteiger partial charge is 0.481 e. The van der Waals surface area contributed by atoms with E-state index in [4.69, 9.17) is 15.2 Å². The molecule has 1 rings (SSSR count). The lowest BCUT2D eigenvalue weighted by Crippen LogP contribution is -2.31. The molecule has 2 N–H and O–H groups in total. The number of benzene rings is 1. The highest BCUT2D eigenvalue weighted by molar-refractivity contribution is 9.10. The molecule has 1 aromatic carbocycles. The smallest absolute Gasteiger partial charge is 0.343 e. The van der Waals surface area contributed by atoms with Gasteiger partial charge in [0.05, 0.1) is 11.6 Å². The second kappa shape index (κ2) is 7.60. The van der Waals surface area contributed by atoms with Gasteiger partial charge >= 0.3 is 11.9 Å². The lowest BCUT2D eigenvalue weighted by atomic mass is 10.1. The molecule has 0 aromatic heterocycles. The van der Waals surface area contributed by atoms with Crippen LogP contribution in [0.2, 0.25) is 0 Å². The monoisotopic (exact) mass is 373 g/mol. The van der Waals surface area contributed by atoms with Crippen LogP contribution in [-0.4, -0.2) is 31.3 Å². The van der Waals surface area contributed by atoms with Crippen molar-refractivity contribution in [3.05, 3.63) is 28.2 Å². The van der Waals surface area contributed by atoms with Crippen LogP contribution in [0, 0.1) is 0 Å². The number of hydrogen-bond acceptors (Lipinski definition) is 6. The highest BCUT2D eigenvalue weighted by Crippen LogP contribution is 2.28. The SMILES string of the molecule is COC(=O)COc1ccc(C(N)C(=O)OC(C)(C)C)cc1Br. The van der Waals surface area contributed by atoms with E-state index in [0.717, 1.165) is 0 Å². The second-order valence-electron chi connectivity index (χ2n) is 5.57. The van der Waals surface area contributed by atoms with Gasteiger partial charge in [0.2, 0.25) is 0 Å². The molecule has 122 valence electrons. The van der Waals surface area contributed by atoms with Crippen LogP contribution in [0.5, 0.6) is 5.75 Å². The Labute approximate surface area is 138 Å². The summed E-state index contributed by atoms with van der Waals surface area (Å²) in [6.07, 6.45) is 0. The van der Waals surface area contributed by atoms with Gasteiger partial charge in [-0.25, -0.2) is 9.59 Å². The van der Waals surface area contributed by atoms with Crippen molar-refractivity contribution in [3.63, 3.8) is 0 Å². The van der Waals surface area contributed by atoms with Crippen molar-refractivity contribution in [1.82, 2.24) is 0 Å². The summed E-state index contributed by atoms with van der Waals surface area (Å²) >= 11 is 3.31. The van der Waals surface area contributed by atoms with Crippen LogP contribution in [-0.2, 0) is 19.1 Å². The first-order valence-corrected chi connectivity index (χ1v) is 7.41. The Morgan fingerprint density at radius 1 is 1.32 bits per heavy atom. The Morgan fingerprint density at radius 2 is 1.95 bits per heavy atom. The van der Waals surface area contributed by atoms with Crippen LogP contribution >= 0.6 is 15.9 Å². The zero-order valence-corrected chi connectivity index (χ0v) is 14.6. The van der Waals surface area contributed by atoms with Gasteiger partial charge in [0.1, 0.15) is 17.4 Å². The maximum Gasteiger partial charge on any atom is 0.343 e. The van der Waals surface area contributed by atoms with Crippen molar-refractivity contribution < 1.29 is 23.8 Å². The van der Waals surface area contributed by atoms with Crippen molar-refractivity contribution in [2.24, 2.45) is 5.73 Å². The van der Waals surface area contributed by atoms with Crippen LogP contribution in [0.4, 0.5) is 0 Å². The minimum atomic E-state index is -0.898. The third-order valence-electron chi connectivity index (χ3n) is 2.55. The number of rotatable bonds is 5. The minimum Gasteiger partial charge on any atom is -0.481 e. The van der Waals surface area contributed by atoms with Gasteiger partial charge in [-0.15, -0.1) is 0 Å². The van der Waals surface area contributed by atoms with Gasteiger partial charge in [-0.05, 0) is 54.4 Å². The third-order valence-corrected chi connectivity index (χ3v) is 3.17. The van der Waals surface area contributed by atoms with Crippen molar-refractivity contribution in [3.8, 4) is 5.75 Å². The minimum absolute atomic E-state index is 0.202. The van der Waals surface area contributed by atoms with E-state index in [1.54, 1.807) is 39.0 Å². The molecular formula is C15H20BrNO5. The maximum absolute atomic E-state index is 12.0. The molecule has 0 aliphatic carbocycles. The normalized spacial score (nSPS) is 12.5. The molecule has 0 heterocycles. The summed E-state index contributed by atoms with van der Waals surface area (Å²) in [5.41, 5.74) is 5.87. The molecule has 1 atom stereocenters. The van der Waals surface area contributed by atoms with E-state index < -0.39 is 23.6 Å². The molecule has 1 unspecified atom stereocenters. The summed E-state index contributed by atoms with van der Waals surface area (Å²) in [6, 6.07) is 4.02. The molecule has 0 saturated heterocycles. The van der Waals surface area contributed by atoms with E-state index >= 15 is 0 Å². The standard InChI is InChI=1S/C15H20BrNO5/c1-15(2,3)22-14(19)13(17)9-5-6-11(10(16)7-9)21-8-12(18)20-4/h5-7,13H,8,17H2,1-4H3. The van der Waals surface area contributed by atoms with Gasteiger partial charge in [0.25, 0.3) is 0 Å². The van der Waals surface area contributed by atoms with E-state index in [-0.39, 0.29) is 6.61 Å². The fourth-order valence-electron chi connectivity index (χ4n) is 1.52. The average Bonchev–Trinajstić information content (AvgIpc) is 2.42. The molecule has 0 aliphatic rings. The zero-order chi connectivity index (χ0) is 16.9. The predicted molar refractivity (Wildman–Crippen MR) is 84.4 cm³/mol. The van der Waals surface area contributed by atoms with Crippen LogP contribution in [0.1, 0.15) is 32.4 Å². The fourth-order valence-corrected chi connectivity index (χ4v) is 2.04. The van der Waals surface area contributed by atoms with Crippen molar-refractivity contribution in [1.29, 1.82) is 0 Å². The van der Waals surface area contributed by atoms with Crippen LogP contribution in [0.3, 0.4) is 0 Å². The lowest BCUT2D eigenvalue weighted by Gasteiger charge is -2.22. The number of halogens is 1. The van der Waals surface area contributed by atoms with E-state index in [2.05, 4.69) is 20.7 Å². The number of esters is 2. The number of hydrogen-bond donors (Lipinski definition) is 1. The quantitative estimate of drug-likeness (QED) is 0.796. The van der Waals surface area contributed by atoms with Gasteiger partial charge in [-0.2, -0.15) is 0 Å². The van der Waals surface area contributed by atoms with E-state index in [0.29, 0.717) is 15.8 Å². The van der Waals surface area contributed by atoms with Gasteiger partial charge in [0, 0.05) is 0 Å². The van der Waals surface area contributed by atoms with Gasteiger partial charge in [0.15, 0.2) is 6.61 Å². The number of carbonyl (C=O) groups is 2. The number of methoxy groups -OCH3 is 1. The van der Waals surface area contributed by atoms with Gasteiger partial charge < -0.3 is 19.9 Å². The Morgan fingerprint density at radius 3 is 2.45 bits per heavy atom. The van der Waals surface area contributed by atoms with Gasteiger partial charge in [-0.1, -0.05) is 6.07 Å². The molecule has 22 heavy (non-hydrogen) atoms. The predicted octanol–water partition coefficient (Wildman–Crippen LogP) is 2.34. The maximum atomic E-state index is 12.0. The van der Waals surface area contributed by atoms with Crippen LogP contribution in [0.25, 0.3) is 0 Å². The molecule has 0 bridgehead atoms. The fraction of sp³-hybridized carbons (Fsp3) is 0.467. The summed E-state index contributed by atoms with van der Waals surface area (Å²) in [5, 5.41) is 0. The zero-order valence-electron chi connectivity index (χ0n) is 13.0. The molecule has 0 saturated carbocycles. The molecule has 6 nitrogen and oxygen atoms in total. The molecule has 0 aliphatic heterocycles. The molecule has 0 amide bonds. The molecule has 0 spiro atoms. The summed E-state index contributed by atoms with van der Waals surface area (Å²) in [4.78, 5) is 23.0. The lowest BCUT2D eigenvalue weighted by molar-refractivity contribution is -0.156. The molecule has 7 heteroatoms. The number of nitrogens with two attached hydrogens (primary N) is 1. The van der Waals surface area contributed by atoms with E-state index in [9.17, 15) is 9.59 Å². The van der Waals surface area contributed by atoms with Crippen LogP contribution < -0.4 is 10.5 Å². The highest BCUT2D eigenvalue weighted by atomic mass is 79.9. The summed E-state index contributed by atoms with van der Waals surface area (Å²) in [5.74, 6) is -0.547. The first-order chi connectivity index (χ1) is 10.1. The molecule has 1 aromatic rings. The number of ether oxygens (including phenoxy) is 3. The first kappa shape index (κ1) is 18.4. The summed E-state index contributed by atoms with van der Waals surface area (Å²) < 4.78 is 15.6. The molecular weight excluding hydrogens is 354 g/mol. The third kappa shape index (κ3) is 5.65. The number of carbonyl (C=O) groups excluding carboxylic acids is 2. The molecule has 0 fully saturated rings. The topological polar surface area (TPSA) is 87.9 Å². The average molecular weight is 374 g/mol. The molecule has 0 radical (unpaired) electrons. The van der Waals surface area contributed by atoms with Crippen molar-refractivity contribution in [2.45, 2.75) is 32.4 Å². The first-order valence-electron chi connectivity index (χ1n) is 6.61. The van der Waals surface area contributed by atoms with Gasteiger partial charge in [-0.3, -0.25) is 0 Å². The van der Waals surface area contributed by atoms with E-state index in [1.807, 2.05) is 0 Å². The summed E-state index contributed by atoms with van der Waals surface area (Å²) in [6.45, 7) is 5.12.